The normalized spacial score (nSPS) is 19.1. The van der Waals surface area contributed by atoms with Crippen molar-refractivity contribution in [1.29, 1.82) is 0 Å². The van der Waals surface area contributed by atoms with Gasteiger partial charge >= 0.3 is 0 Å². The van der Waals surface area contributed by atoms with E-state index < -0.39 is 0 Å². The average molecular weight is 213 g/mol. The topological polar surface area (TPSA) is 44.4 Å². The summed E-state index contributed by atoms with van der Waals surface area (Å²) in [6.45, 7) is 6.09. The number of nitrogens with zero attached hydrogens (tertiary/aromatic N) is 1. The van der Waals surface area contributed by atoms with Gasteiger partial charge in [0.25, 0.3) is 0 Å². The van der Waals surface area contributed by atoms with Crippen molar-refractivity contribution >= 4 is 5.91 Å². The number of hydrogen-bond donors (Lipinski definition) is 2. The van der Waals surface area contributed by atoms with Crippen LogP contribution in [-0.2, 0) is 4.79 Å². The molecule has 2 N–H and O–H groups in total. The second kappa shape index (κ2) is 6.80. The molecule has 1 fully saturated rings. The standard InChI is InChI=1S/C11H23N3O/c1-10(14-7-3-4-8-14)9-13-11(15)5-6-12-2/h10,12H,3-9H2,1-2H3,(H,13,15). The third-order valence-corrected chi connectivity index (χ3v) is 2.96. The fraction of sp³-hybridized carbons (Fsp3) is 0.909. The largest absolute Gasteiger partial charge is 0.355 e. The number of amides is 1. The van der Waals surface area contributed by atoms with E-state index >= 15 is 0 Å². The Balaban J connectivity index is 2.09. The molecule has 1 heterocycles. The smallest absolute Gasteiger partial charge is 0.221 e. The van der Waals surface area contributed by atoms with Crippen LogP contribution in [0.1, 0.15) is 26.2 Å². The zero-order chi connectivity index (χ0) is 11.1. The summed E-state index contributed by atoms with van der Waals surface area (Å²) in [6, 6.07) is 0.478. The third-order valence-electron chi connectivity index (χ3n) is 2.96. The van der Waals surface area contributed by atoms with E-state index in [4.69, 9.17) is 0 Å². The predicted molar refractivity (Wildman–Crippen MR) is 61.8 cm³/mol. The Morgan fingerprint density at radius 1 is 1.40 bits per heavy atom. The van der Waals surface area contributed by atoms with E-state index in [1.807, 2.05) is 7.05 Å². The van der Waals surface area contributed by atoms with E-state index in [0.29, 0.717) is 12.5 Å². The molecule has 0 aromatic rings. The van der Waals surface area contributed by atoms with Gasteiger partial charge in [0.05, 0.1) is 0 Å². The Morgan fingerprint density at radius 2 is 2.07 bits per heavy atom. The molecule has 0 aromatic heterocycles. The number of likely N-dealkylation sites (tertiary alicyclic amines) is 1. The van der Waals surface area contributed by atoms with Crippen molar-refractivity contribution in [3.05, 3.63) is 0 Å². The molecule has 0 radical (unpaired) electrons. The van der Waals surface area contributed by atoms with Crippen molar-refractivity contribution in [3.63, 3.8) is 0 Å². The average Bonchev–Trinajstić information content (AvgIpc) is 2.76. The van der Waals surface area contributed by atoms with E-state index in [0.717, 1.165) is 13.1 Å². The van der Waals surface area contributed by atoms with Gasteiger partial charge in [0.15, 0.2) is 0 Å². The Morgan fingerprint density at radius 3 is 2.67 bits per heavy atom. The first-order chi connectivity index (χ1) is 7.24. The van der Waals surface area contributed by atoms with Gasteiger partial charge in [0.1, 0.15) is 0 Å². The highest BCUT2D eigenvalue weighted by Gasteiger charge is 2.17. The van der Waals surface area contributed by atoms with Gasteiger partial charge in [-0.2, -0.15) is 0 Å². The van der Waals surface area contributed by atoms with Crippen molar-refractivity contribution in [1.82, 2.24) is 15.5 Å². The fourth-order valence-corrected chi connectivity index (χ4v) is 1.90. The van der Waals surface area contributed by atoms with Gasteiger partial charge in [-0.05, 0) is 39.9 Å². The number of nitrogens with one attached hydrogen (secondary N) is 2. The second-order valence-electron chi connectivity index (χ2n) is 4.25. The zero-order valence-electron chi connectivity index (χ0n) is 9.88. The van der Waals surface area contributed by atoms with E-state index in [1.165, 1.54) is 25.9 Å². The van der Waals surface area contributed by atoms with Crippen LogP contribution in [0.25, 0.3) is 0 Å². The number of carbonyl (C=O) groups is 1. The van der Waals surface area contributed by atoms with Crippen molar-refractivity contribution in [3.8, 4) is 0 Å². The monoisotopic (exact) mass is 213 g/mol. The lowest BCUT2D eigenvalue weighted by atomic mass is 10.3. The molecule has 4 nitrogen and oxygen atoms in total. The molecule has 1 aliphatic heterocycles. The molecule has 0 spiro atoms. The minimum absolute atomic E-state index is 0.149. The summed E-state index contributed by atoms with van der Waals surface area (Å²) in [5, 5.41) is 5.94. The highest BCUT2D eigenvalue weighted by molar-refractivity contribution is 5.76. The number of rotatable bonds is 6. The highest BCUT2D eigenvalue weighted by Crippen LogP contribution is 2.10. The second-order valence-corrected chi connectivity index (χ2v) is 4.25. The summed E-state index contributed by atoms with van der Waals surface area (Å²) in [6.07, 6.45) is 3.18. The van der Waals surface area contributed by atoms with Gasteiger partial charge in [0.2, 0.25) is 5.91 Å². The maximum atomic E-state index is 11.4. The molecule has 1 unspecified atom stereocenters. The summed E-state index contributed by atoms with van der Waals surface area (Å²) in [5.74, 6) is 0.149. The molecule has 4 heteroatoms. The van der Waals surface area contributed by atoms with Crippen LogP contribution in [0.15, 0.2) is 0 Å². The van der Waals surface area contributed by atoms with Crippen molar-refractivity contribution in [2.75, 3.05) is 33.2 Å². The number of hydrogen-bond acceptors (Lipinski definition) is 3. The molecule has 0 saturated carbocycles. The zero-order valence-corrected chi connectivity index (χ0v) is 9.88. The molecule has 0 aromatic carbocycles. The number of carbonyl (C=O) groups excluding carboxylic acids is 1. The molecule has 0 bridgehead atoms. The predicted octanol–water partition coefficient (Wildman–Crippen LogP) is 0.196. The molecule has 1 atom stereocenters. The Hall–Kier alpha value is -0.610. The summed E-state index contributed by atoms with van der Waals surface area (Å²) in [7, 11) is 1.86. The minimum atomic E-state index is 0.149. The lowest BCUT2D eigenvalue weighted by Crippen LogP contribution is -2.41. The van der Waals surface area contributed by atoms with E-state index in [-0.39, 0.29) is 5.91 Å². The van der Waals surface area contributed by atoms with Crippen LogP contribution < -0.4 is 10.6 Å². The van der Waals surface area contributed by atoms with Gasteiger partial charge < -0.3 is 10.6 Å². The van der Waals surface area contributed by atoms with Crippen LogP contribution in [0.3, 0.4) is 0 Å². The SMILES string of the molecule is CNCCC(=O)NCC(C)N1CCCC1. The molecular weight excluding hydrogens is 190 g/mol. The van der Waals surface area contributed by atoms with Crippen LogP contribution >= 0.6 is 0 Å². The molecule has 0 aliphatic carbocycles. The van der Waals surface area contributed by atoms with Crippen LogP contribution in [0.4, 0.5) is 0 Å². The summed E-state index contributed by atoms with van der Waals surface area (Å²) >= 11 is 0. The van der Waals surface area contributed by atoms with Gasteiger partial charge in [0, 0.05) is 25.6 Å². The molecule has 1 aliphatic rings. The van der Waals surface area contributed by atoms with Crippen molar-refractivity contribution in [2.24, 2.45) is 0 Å². The van der Waals surface area contributed by atoms with Crippen molar-refractivity contribution in [2.45, 2.75) is 32.2 Å². The molecular formula is C11H23N3O. The van der Waals surface area contributed by atoms with E-state index in [9.17, 15) is 4.79 Å². The fourth-order valence-electron chi connectivity index (χ4n) is 1.90. The first-order valence-corrected chi connectivity index (χ1v) is 5.89. The lowest BCUT2D eigenvalue weighted by molar-refractivity contribution is -0.121. The highest BCUT2D eigenvalue weighted by atomic mass is 16.1. The first-order valence-electron chi connectivity index (χ1n) is 5.89. The van der Waals surface area contributed by atoms with Gasteiger partial charge in [-0.3, -0.25) is 9.69 Å². The maximum absolute atomic E-state index is 11.4. The summed E-state index contributed by atoms with van der Waals surface area (Å²) in [5.41, 5.74) is 0. The third kappa shape index (κ3) is 4.62. The van der Waals surface area contributed by atoms with Crippen molar-refractivity contribution < 1.29 is 4.79 Å². The van der Waals surface area contributed by atoms with Crippen LogP contribution in [0, 0.1) is 0 Å². The molecule has 1 saturated heterocycles. The van der Waals surface area contributed by atoms with Gasteiger partial charge in [-0.1, -0.05) is 0 Å². The van der Waals surface area contributed by atoms with E-state index in [2.05, 4.69) is 22.5 Å². The van der Waals surface area contributed by atoms with E-state index in [1.54, 1.807) is 0 Å². The van der Waals surface area contributed by atoms with Crippen LogP contribution in [-0.4, -0.2) is 50.1 Å². The van der Waals surface area contributed by atoms with Crippen LogP contribution in [0.5, 0.6) is 0 Å². The molecule has 88 valence electrons. The van der Waals surface area contributed by atoms with Crippen LogP contribution in [0.2, 0.25) is 0 Å². The quantitative estimate of drug-likeness (QED) is 0.662. The Bertz CT molecular complexity index is 190. The first kappa shape index (κ1) is 12.5. The Labute approximate surface area is 92.4 Å². The minimum Gasteiger partial charge on any atom is -0.355 e. The maximum Gasteiger partial charge on any atom is 0.221 e. The molecule has 1 amide bonds. The molecule has 15 heavy (non-hydrogen) atoms. The van der Waals surface area contributed by atoms with Gasteiger partial charge in [-0.15, -0.1) is 0 Å². The Kier molecular flexibility index (Phi) is 5.65. The summed E-state index contributed by atoms with van der Waals surface area (Å²) in [4.78, 5) is 13.8. The lowest BCUT2D eigenvalue weighted by Gasteiger charge is -2.23. The van der Waals surface area contributed by atoms with Gasteiger partial charge in [-0.25, -0.2) is 0 Å². The summed E-state index contributed by atoms with van der Waals surface area (Å²) < 4.78 is 0. The molecule has 1 rings (SSSR count).